The molecule has 4 fully saturated rings. The van der Waals surface area contributed by atoms with Crippen molar-refractivity contribution in [3.05, 3.63) is 23.8 Å². The van der Waals surface area contributed by atoms with Crippen molar-refractivity contribution in [1.82, 2.24) is 0 Å². The van der Waals surface area contributed by atoms with Gasteiger partial charge in [-0.1, -0.05) is 58.4 Å². The number of hydrogen-bond donors (Lipinski definition) is 0. The molecule has 0 aliphatic heterocycles. The first-order valence-corrected chi connectivity index (χ1v) is 14.4. The number of allylic oxidation sites excluding steroid dienone is 3. The molecule has 2 nitrogen and oxygen atoms in total. The topological polar surface area (TPSA) is 26.3 Å². The number of carbonyl (C=O) groups excluding carboxylic acids is 1. The summed E-state index contributed by atoms with van der Waals surface area (Å²) in [4.78, 5) is 11.9. The Kier molecular flexibility index (Phi) is 5.78. The fourth-order valence-electron chi connectivity index (χ4n) is 11.2. The summed E-state index contributed by atoms with van der Waals surface area (Å²) < 4.78 is 5.91. The summed E-state index contributed by atoms with van der Waals surface area (Å²) in [5.41, 5.74) is 4.41. The monoisotopic (exact) mass is 466 g/mol. The van der Waals surface area contributed by atoms with E-state index < -0.39 is 0 Å². The number of fused-ring (bicyclic) bond motifs is 7. The summed E-state index contributed by atoms with van der Waals surface area (Å²) >= 11 is 0. The highest BCUT2D eigenvalue weighted by Gasteiger charge is 2.68. The highest BCUT2D eigenvalue weighted by molar-refractivity contribution is 5.66. The number of hydrogen-bond acceptors (Lipinski definition) is 2. The fraction of sp³-hybridized carbons (Fsp3) is 0.844. The van der Waals surface area contributed by atoms with E-state index >= 15 is 0 Å². The standard InChI is InChI=1S/C32H50O2/c1-20(2)23-11-9-10-22-14-18-31(7)24(28(22)23)12-13-26-30(6)17-16-27(34-21(3)33)29(4,5)25(30)15-19-32(26,31)8/h10,23-28H,1,9,11-19H2,2-8H3/t23-,24+,25-,26-,27-,28-,30-,31+,32+/m0/s1. The van der Waals surface area contributed by atoms with Crippen LogP contribution in [0.25, 0.3) is 0 Å². The second kappa shape index (κ2) is 7.97. The normalized spacial score (nSPS) is 49.4. The lowest BCUT2D eigenvalue weighted by Crippen LogP contribution is -2.66. The minimum Gasteiger partial charge on any atom is -0.462 e. The minimum absolute atomic E-state index is 0.0502. The van der Waals surface area contributed by atoms with E-state index in [1.165, 1.54) is 63.4 Å². The predicted molar refractivity (Wildman–Crippen MR) is 140 cm³/mol. The number of rotatable bonds is 2. The van der Waals surface area contributed by atoms with Crippen LogP contribution in [-0.4, -0.2) is 12.1 Å². The minimum atomic E-state index is -0.110. The van der Waals surface area contributed by atoms with Gasteiger partial charge >= 0.3 is 5.97 Å². The first kappa shape index (κ1) is 24.6. The van der Waals surface area contributed by atoms with E-state index in [-0.39, 0.29) is 17.5 Å². The van der Waals surface area contributed by atoms with Crippen molar-refractivity contribution in [1.29, 1.82) is 0 Å². The van der Waals surface area contributed by atoms with E-state index in [9.17, 15) is 4.79 Å². The van der Waals surface area contributed by atoms with Crippen molar-refractivity contribution in [2.75, 3.05) is 0 Å². The van der Waals surface area contributed by atoms with Crippen molar-refractivity contribution in [2.45, 2.75) is 119 Å². The molecule has 0 heterocycles. The van der Waals surface area contributed by atoms with Gasteiger partial charge in [-0.2, -0.15) is 0 Å². The molecule has 4 saturated carbocycles. The number of esters is 1. The Balaban J connectivity index is 1.50. The third kappa shape index (κ3) is 3.21. The lowest BCUT2D eigenvalue weighted by molar-refractivity contribution is -0.238. The zero-order valence-electron chi connectivity index (χ0n) is 23.1. The van der Waals surface area contributed by atoms with Crippen LogP contribution in [0.1, 0.15) is 113 Å². The second-order valence-corrected chi connectivity index (χ2v) is 14.5. The Hall–Kier alpha value is -1.05. The van der Waals surface area contributed by atoms with Crippen LogP contribution in [0.2, 0.25) is 0 Å². The Labute approximate surface area is 209 Å². The molecule has 2 heteroatoms. The lowest BCUT2D eigenvalue weighted by atomic mass is 9.33. The van der Waals surface area contributed by atoms with E-state index in [1.54, 1.807) is 12.5 Å². The molecule has 5 aliphatic carbocycles. The van der Waals surface area contributed by atoms with Crippen LogP contribution in [0, 0.1) is 51.2 Å². The van der Waals surface area contributed by atoms with Gasteiger partial charge in [0.1, 0.15) is 6.10 Å². The summed E-state index contributed by atoms with van der Waals surface area (Å²) in [6.07, 6.45) is 15.6. The lowest BCUT2D eigenvalue weighted by Gasteiger charge is -2.72. The third-order valence-corrected chi connectivity index (χ3v) is 12.9. The molecule has 190 valence electrons. The van der Waals surface area contributed by atoms with E-state index in [1.807, 2.05) is 0 Å². The molecule has 0 amide bonds. The third-order valence-electron chi connectivity index (χ3n) is 12.9. The summed E-state index contributed by atoms with van der Waals surface area (Å²) in [6, 6.07) is 0. The molecule has 34 heavy (non-hydrogen) atoms. The van der Waals surface area contributed by atoms with Crippen LogP contribution in [-0.2, 0) is 9.53 Å². The highest BCUT2D eigenvalue weighted by atomic mass is 16.5. The first-order chi connectivity index (χ1) is 15.9. The number of carbonyl (C=O) groups is 1. The smallest absolute Gasteiger partial charge is 0.302 e. The molecule has 5 aliphatic rings. The molecule has 0 radical (unpaired) electrons. The maximum absolute atomic E-state index is 11.9. The van der Waals surface area contributed by atoms with Gasteiger partial charge in [-0.25, -0.2) is 0 Å². The molecule has 0 unspecified atom stereocenters. The van der Waals surface area contributed by atoms with Crippen molar-refractivity contribution < 1.29 is 9.53 Å². The predicted octanol–water partition coefficient (Wildman–Crippen LogP) is 8.52. The molecular formula is C32H50O2. The fourth-order valence-corrected chi connectivity index (χ4v) is 11.2. The number of ether oxygens (including phenoxy) is 1. The van der Waals surface area contributed by atoms with Crippen molar-refractivity contribution in [3.63, 3.8) is 0 Å². The van der Waals surface area contributed by atoms with Gasteiger partial charge in [0.05, 0.1) is 0 Å². The maximum atomic E-state index is 11.9. The van der Waals surface area contributed by atoms with Crippen LogP contribution in [0.4, 0.5) is 0 Å². The Bertz CT molecular complexity index is 897. The first-order valence-electron chi connectivity index (χ1n) is 14.4. The average Bonchev–Trinajstić information content (AvgIpc) is 2.75. The molecule has 0 aromatic carbocycles. The van der Waals surface area contributed by atoms with E-state index in [0.717, 1.165) is 24.2 Å². The molecule has 0 spiro atoms. The molecule has 9 atom stereocenters. The molecule has 0 N–H and O–H groups in total. The Morgan fingerprint density at radius 2 is 1.65 bits per heavy atom. The molecule has 0 saturated heterocycles. The van der Waals surface area contributed by atoms with Crippen LogP contribution in [0.15, 0.2) is 23.8 Å². The molecule has 0 bridgehead atoms. The van der Waals surface area contributed by atoms with Crippen molar-refractivity contribution >= 4 is 5.97 Å². The van der Waals surface area contributed by atoms with Crippen LogP contribution in [0.5, 0.6) is 0 Å². The van der Waals surface area contributed by atoms with Gasteiger partial charge in [0.25, 0.3) is 0 Å². The van der Waals surface area contributed by atoms with Gasteiger partial charge in [0.15, 0.2) is 0 Å². The van der Waals surface area contributed by atoms with Crippen molar-refractivity contribution in [2.24, 2.45) is 51.2 Å². The second-order valence-electron chi connectivity index (χ2n) is 14.5. The Morgan fingerprint density at radius 3 is 2.32 bits per heavy atom. The van der Waals surface area contributed by atoms with E-state index in [0.29, 0.717) is 28.1 Å². The SMILES string of the molecule is C=C(C)[C@@H]1CCC=C2CC[C@]3(C)[C@H](CC[C@H]4[C@@]5(C)CC[C@H](OC(C)=O)C(C)(C)[C@@H]5CC[C@]43C)[C@@H]21. The van der Waals surface area contributed by atoms with Gasteiger partial charge in [0.2, 0.25) is 0 Å². The summed E-state index contributed by atoms with van der Waals surface area (Å²) in [5.74, 6) is 3.53. The van der Waals surface area contributed by atoms with Gasteiger partial charge in [-0.3, -0.25) is 4.79 Å². The Morgan fingerprint density at radius 1 is 0.912 bits per heavy atom. The molecule has 0 aromatic heterocycles. The van der Waals surface area contributed by atoms with Gasteiger partial charge in [-0.05, 0) is 117 Å². The van der Waals surface area contributed by atoms with Gasteiger partial charge in [-0.15, -0.1) is 0 Å². The van der Waals surface area contributed by atoms with E-state index in [2.05, 4.69) is 54.2 Å². The summed E-state index contributed by atoms with van der Waals surface area (Å²) in [7, 11) is 0. The zero-order chi connectivity index (χ0) is 24.7. The quantitative estimate of drug-likeness (QED) is 0.301. The van der Waals surface area contributed by atoms with Crippen molar-refractivity contribution in [3.8, 4) is 0 Å². The largest absolute Gasteiger partial charge is 0.462 e. The van der Waals surface area contributed by atoms with Crippen LogP contribution < -0.4 is 0 Å². The van der Waals surface area contributed by atoms with Crippen LogP contribution >= 0.6 is 0 Å². The average molecular weight is 467 g/mol. The van der Waals surface area contributed by atoms with Gasteiger partial charge in [0, 0.05) is 12.3 Å². The molecule has 5 rings (SSSR count). The molecular weight excluding hydrogens is 416 g/mol. The zero-order valence-corrected chi connectivity index (χ0v) is 23.1. The van der Waals surface area contributed by atoms with E-state index in [4.69, 9.17) is 4.74 Å². The van der Waals surface area contributed by atoms with Gasteiger partial charge < -0.3 is 4.74 Å². The summed E-state index contributed by atoms with van der Waals surface area (Å²) in [6.45, 7) is 21.2. The summed E-state index contributed by atoms with van der Waals surface area (Å²) in [5, 5.41) is 0. The molecule has 0 aromatic rings. The maximum Gasteiger partial charge on any atom is 0.302 e. The highest BCUT2D eigenvalue weighted by Crippen LogP contribution is 2.75. The van der Waals surface area contributed by atoms with Crippen LogP contribution in [0.3, 0.4) is 0 Å².